The number of oxime groups is 1. The first-order valence-electron chi connectivity index (χ1n) is 7.96. The van der Waals surface area contributed by atoms with Gasteiger partial charge in [-0.1, -0.05) is 5.16 Å². The number of nitrogens with one attached hydrogen (secondary N) is 1. The number of rotatable bonds is 3. The van der Waals surface area contributed by atoms with Crippen molar-refractivity contribution in [3.05, 3.63) is 0 Å². The third kappa shape index (κ3) is 7.06. The summed E-state index contributed by atoms with van der Waals surface area (Å²) >= 11 is 0. The largest absolute Gasteiger partial charge is 0.444 e. The van der Waals surface area contributed by atoms with Crippen molar-refractivity contribution >= 4 is 17.9 Å². The molecule has 8 heteroatoms. The maximum absolute atomic E-state index is 12.2. The quantitative estimate of drug-likeness (QED) is 0.795. The lowest BCUT2D eigenvalue weighted by molar-refractivity contribution is 0.0292. The van der Waals surface area contributed by atoms with Crippen LogP contribution in [-0.2, 0) is 14.3 Å². The molecule has 138 valence electrons. The molecule has 8 nitrogen and oxygen atoms in total. The van der Waals surface area contributed by atoms with Gasteiger partial charge in [-0.05, 0) is 41.5 Å². The van der Waals surface area contributed by atoms with Gasteiger partial charge >= 0.3 is 12.2 Å². The molecule has 1 heterocycles. The predicted octanol–water partition coefficient (Wildman–Crippen LogP) is 2.38. The summed E-state index contributed by atoms with van der Waals surface area (Å²) in [5.74, 6) is -0.148. The highest BCUT2D eigenvalue weighted by molar-refractivity contribution is 5.94. The molecule has 0 spiro atoms. The first-order valence-corrected chi connectivity index (χ1v) is 7.96. The summed E-state index contributed by atoms with van der Waals surface area (Å²) in [5.41, 5.74) is -0.451. The van der Waals surface area contributed by atoms with E-state index < -0.39 is 23.4 Å². The van der Waals surface area contributed by atoms with Gasteiger partial charge in [-0.3, -0.25) is 0 Å². The van der Waals surface area contributed by atoms with Crippen LogP contribution in [0.3, 0.4) is 0 Å². The van der Waals surface area contributed by atoms with Crippen LogP contribution in [-0.4, -0.2) is 60.7 Å². The van der Waals surface area contributed by atoms with Crippen molar-refractivity contribution in [3.8, 4) is 0 Å². The van der Waals surface area contributed by atoms with Crippen molar-refractivity contribution < 1.29 is 23.9 Å². The summed E-state index contributed by atoms with van der Waals surface area (Å²) in [6, 6.07) is 0. The Labute approximate surface area is 143 Å². The molecule has 0 aliphatic carbocycles. The van der Waals surface area contributed by atoms with Crippen molar-refractivity contribution in [1.82, 2.24) is 10.2 Å². The van der Waals surface area contributed by atoms with E-state index in [-0.39, 0.29) is 5.92 Å². The van der Waals surface area contributed by atoms with Crippen molar-refractivity contribution in [1.29, 1.82) is 0 Å². The van der Waals surface area contributed by atoms with Crippen molar-refractivity contribution in [3.63, 3.8) is 0 Å². The first kappa shape index (κ1) is 20.1. The number of nitrogens with zero attached hydrogens (tertiary/aromatic N) is 2. The molecule has 1 N–H and O–H groups in total. The smallest absolute Gasteiger partial charge is 0.410 e. The van der Waals surface area contributed by atoms with Gasteiger partial charge in [0, 0.05) is 19.0 Å². The van der Waals surface area contributed by atoms with Crippen LogP contribution in [0.2, 0.25) is 0 Å². The molecule has 1 atom stereocenters. The van der Waals surface area contributed by atoms with E-state index in [2.05, 4.69) is 10.5 Å². The lowest BCUT2D eigenvalue weighted by Crippen LogP contribution is -2.38. The predicted molar refractivity (Wildman–Crippen MR) is 90.0 cm³/mol. The van der Waals surface area contributed by atoms with Crippen LogP contribution in [0.4, 0.5) is 9.59 Å². The molecule has 0 aromatic heterocycles. The Balaban J connectivity index is 2.64. The zero-order valence-corrected chi connectivity index (χ0v) is 15.6. The van der Waals surface area contributed by atoms with Gasteiger partial charge in [0.1, 0.15) is 18.3 Å². The number of ether oxygens (including phenoxy) is 2. The summed E-state index contributed by atoms with van der Waals surface area (Å²) in [6.45, 7) is 11.8. The Morgan fingerprint density at radius 2 is 1.75 bits per heavy atom. The number of hydrogen-bond donors (Lipinski definition) is 1. The average molecular weight is 343 g/mol. The van der Waals surface area contributed by atoms with Crippen LogP contribution < -0.4 is 5.32 Å². The number of likely N-dealkylation sites (tertiary alicyclic amines) is 1. The average Bonchev–Trinajstić information content (AvgIpc) is 2.76. The minimum absolute atomic E-state index is 0.148. The molecule has 2 amide bonds. The van der Waals surface area contributed by atoms with Gasteiger partial charge in [-0.2, -0.15) is 0 Å². The molecule has 1 unspecified atom stereocenters. The maximum atomic E-state index is 12.2. The van der Waals surface area contributed by atoms with E-state index in [1.807, 2.05) is 20.8 Å². The molecule has 0 aromatic rings. The second kappa shape index (κ2) is 7.72. The Hall–Kier alpha value is -1.99. The molecule has 1 fully saturated rings. The summed E-state index contributed by atoms with van der Waals surface area (Å²) < 4.78 is 10.6. The second-order valence-electron chi connectivity index (χ2n) is 7.71. The summed E-state index contributed by atoms with van der Waals surface area (Å²) in [5, 5.41) is 6.66. The van der Waals surface area contributed by atoms with Crippen LogP contribution in [0.1, 0.15) is 41.5 Å². The van der Waals surface area contributed by atoms with E-state index in [4.69, 9.17) is 14.3 Å². The Bertz CT molecular complexity index is 491. The molecular weight excluding hydrogens is 314 g/mol. The third-order valence-corrected chi connectivity index (χ3v) is 3.02. The zero-order chi connectivity index (χ0) is 18.5. The van der Waals surface area contributed by atoms with Crippen LogP contribution >= 0.6 is 0 Å². The standard InChI is InChI=1S/C16H29N3O5/c1-15(2,3)23-13(20)17-8-11-9-19(10-12(11)18-22-7)14(21)24-16(4,5)6/h11H,8-10H2,1-7H3,(H,17,20)/b18-12+. The molecular formula is C16H29N3O5. The van der Waals surface area contributed by atoms with E-state index >= 15 is 0 Å². The van der Waals surface area contributed by atoms with E-state index in [0.29, 0.717) is 25.3 Å². The molecule has 1 aliphatic rings. The fraction of sp³-hybridized carbons (Fsp3) is 0.812. The van der Waals surface area contributed by atoms with Crippen molar-refractivity contribution in [2.75, 3.05) is 26.7 Å². The van der Waals surface area contributed by atoms with Crippen molar-refractivity contribution in [2.24, 2.45) is 11.1 Å². The fourth-order valence-corrected chi connectivity index (χ4v) is 2.15. The lowest BCUT2D eigenvalue weighted by Gasteiger charge is -2.24. The lowest BCUT2D eigenvalue weighted by atomic mass is 10.1. The van der Waals surface area contributed by atoms with Crippen LogP contribution in [0.15, 0.2) is 5.16 Å². The van der Waals surface area contributed by atoms with Gasteiger partial charge in [0.15, 0.2) is 0 Å². The molecule has 24 heavy (non-hydrogen) atoms. The summed E-state index contributed by atoms with van der Waals surface area (Å²) in [4.78, 5) is 30.3. The normalized spacial score (nSPS) is 20.0. The molecule has 0 aromatic carbocycles. The number of hydrogen-bond acceptors (Lipinski definition) is 6. The van der Waals surface area contributed by atoms with E-state index in [9.17, 15) is 9.59 Å². The van der Waals surface area contributed by atoms with E-state index in [1.54, 1.807) is 25.7 Å². The first-order chi connectivity index (χ1) is 10.9. The highest BCUT2D eigenvalue weighted by Gasteiger charge is 2.35. The van der Waals surface area contributed by atoms with Gasteiger partial charge in [0.25, 0.3) is 0 Å². The fourth-order valence-electron chi connectivity index (χ4n) is 2.15. The van der Waals surface area contributed by atoms with Gasteiger partial charge in [0.2, 0.25) is 0 Å². The zero-order valence-electron chi connectivity index (χ0n) is 15.6. The third-order valence-electron chi connectivity index (χ3n) is 3.02. The molecule has 1 saturated heterocycles. The van der Waals surface area contributed by atoms with Crippen molar-refractivity contribution in [2.45, 2.75) is 52.7 Å². The number of carbonyl (C=O) groups is 2. The topological polar surface area (TPSA) is 89.5 Å². The summed E-state index contributed by atoms with van der Waals surface area (Å²) in [7, 11) is 1.45. The van der Waals surface area contributed by atoms with Gasteiger partial charge in [0.05, 0.1) is 12.3 Å². The molecule has 0 saturated carbocycles. The minimum atomic E-state index is -0.567. The monoisotopic (exact) mass is 343 g/mol. The van der Waals surface area contributed by atoms with Crippen LogP contribution in [0, 0.1) is 5.92 Å². The SMILES string of the molecule is CO/N=C1\CN(C(=O)OC(C)(C)C)CC1CNC(=O)OC(C)(C)C. The Morgan fingerprint density at radius 1 is 1.17 bits per heavy atom. The second-order valence-corrected chi connectivity index (χ2v) is 7.71. The van der Waals surface area contributed by atoms with Gasteiger partial charge < -0.3 is 24.5 Å². The number of alkyl carbamates (subject to hydrolysis) is 1. The highest BCUT2D eigenvalue weighted by Crippen LogP contribution is 2.18. The molecule has 0 radical (unpaired) electrons. The minimum Gasteiger partial charge on any atom is -0.444 e. The van der Waals surface area contributed by atoms with Crippen LogP contribution in [0.5, 0.6) is 0 Å². The summed E-state index contributed by atoms with van der Waals surface area (Å²) in [6.07, 6.45) is -0.916. The molecule has 0 bridgehead atoms. The highest BCUT2D eigenvalue weighted by atomic mass is 16.6. The number of carbonyl (C=O) groups excluding carboxylic acids is 2. The molecule has 1 rings (SSSR count). The van der Waals surface area contributed by atoms with E-state index in [0.717, 1.165) is 0 Å². The molecule has 1 aliphatic heterocycles. The van der Waals surface area contributed by atoms with E-state index in [1.165, 1.54) is 7.11 Å². The Kier molecular flexibility index (Phi) is 6.45. The number of amides is 2. The van der Waals surface area contributed by atoms with Crippen LogP contribution in [0.25, 0.3) is 0 Å². The maximum Gasteiger partial charge on any atom is 0.410 e. The van der Waals surface area contributed by atoms with Gasteiger partial charge in [-0.25, -0.2) is 9.59 Å². The van der Waals surface area contributed by atoms with Gasteiger partial charge in [-0.15, -0.1) is 0 Å². The Morgan fingerprint density at radius 3 is 2.25 bits per heavy atom.